The molecule has 0 saturated carbocycles. The Balaban J connectivity index is 2.09. The maximum Gasteiger partial charge on any atom is 0.253 e. The second kappa shape index (κ2) is 8.64. The van der Waals surface area contributed by atoms with Gasteiger partial charge < -0.3 is 10.6 Å². The van der Waals surface area contributed by atoms with Gasteiger partial charge in [0.15, 0.2) is 0 Å². The summed E-state index contributed by atoms with van der Waals surface area (Å²) >= 11 is 3.39. The predicted molar refractivity (Wildman–Crippen MR) is 100 cm³/mol. The largest absolute Gasteiger partial charge is 0.350 e. The van der Waals surface area contributed by atoms with Crippen LogP contribution in [0.15, 0.2) is 53.0 Å². The zero-order valence-electron chi connectivity index (χ0n) is 13.8. The zero-order valence-corrected chi connectivity index (χ0v) is 15.4. The van der Waals surface area contributed by atoms with E-state index in [0.717, 1.165) is 16.5 Å². The Labute approximate surface area is 150 Å². The first-order valence-electron chi connectivity index (χ1n) is 7.93. The van der Waals surface area contributed by atoms with Crippen LogP contribution in [0, 0.1) is 0 Å². The SMILES string of the molecule is CC[C@H](C)NC(=O)c1ccccc1NC(=O)Cc1cccc(Br)c1. The van der Waals surface area contributed by atoms with Crippen LogP contribution in [-0.2, 0) is 11.2 Å². The second-order valence-corrected chi connectivity index (χ2v) is 6.60. The van der Waals surface area contributed by atoms with Gasteiger partial charge in [0.05, 0.1) is 17.7 Å². The van der Waals surface area contributed by atoms with Gasteiger partial charge in [0, 0.05) is 10.5 Å². The lowest BCUT2D eigenvalue weighted by molar-refractivity contribution is -0.115. The highest BCUT2D eigenvalue weighted by atomic mass is 79.9. The van der Waals surface area contributed by atoms with Gasteiger partial charge in [0.25, 0.3) is 5.91 Å². The minimum Gasteiger partial charge on any atom is -0.350 e. The molecule has 0 unspecified atom stereocenters. The normalized spacial score (nSPS) is 11.6. The lowest BCUT2D eigenvalue weighted by atomic mass is 10.1. The van der Waals surface area contributed by atoms with E-state index in [4.69, 9.17) is 0 Å². The standard InChI is InChI=1S/C19H21BrN2O2/c1-3-13(2)21-19(24)16-9-4-5-10-17(16)22-18(23)12-14-7-6-8-15(20)11-14/h4-11,13H,3,12H2,1-2H3,(H,21,24)(H,22,23)/t13-/m0/s1. The molecule has 0 radical (unpaired) electrons. The number of para-hydroxylation sites is 1. The molecule has 0 aromatic heterocycles. The van der Waals surface area contributed by atoms with Gasteiger partial charge in [-0.1, -0.05) is 47.1 Å². The molecule has 0 saturated heterocycles. The van der Waals surface area contributed by atoms with Crippen LogP contribution in [-0.4, -0.2) is 17.9 Å². The Morgan fingerprint density at radius 1 is 1.12 bits per heavy atom. The average Bonchev–Trinajstić information content (AvgIpc) is 2.55. The number of anilines is 1. The Morgan fingerprint density at radius 2 is 1.88 bits per heavy atom. The Kier molecular flexibility index (Phi) is 6.55. The minimum atomic E-state index is -0.178. The summed E-state index contributed by atoms with van der Waals surface area (Å²) in [5, 5.41) is 5.76. The number of carbonyl (C=O) groups excluding carboxylic acids is 2. The van der Waals surface area contributed by atoms with Crippen LogP contribution >= 0.6 is 15.9 Å². The zero-order chi connectivity index (χ0) is 17.5. The number of carbonyl (C=O) groups is 2. The van der Waals surface area contributed by atoms with Crippen LogP contribution in [0.25, 0.3) is 0 Å². The number of hydrogen-bond donors (Lipinski definition) is 2. The van der Waals surface area contributed by atoms with Crippen LogP contribution < -0.4 is 10.6 Å². The first-order chi connectivity index (χ1) is 11.5. The molecule has 0 bridgehead atoms. The molecular weight excluding hydrogens is 368 g/mol. The number of benzene rings is 2. The lowest BCUT2D eigenvalue weighted by Crippen LogP contribution is -2.32. The molecule has 0 heterocycles. The van der Waals surface area contributed by atoms with Gasteiger partial charge in [-0.25, -0.2) is 0 Å². The van der Waals surface area contributed by atoms with Crippen molar-refractivity contribution < 1.29 is 9.59 Å². The fourth-order valence-electron chi connectivity index (χ4n) is 2.22. The molecule has 0 aliphatic heterocycles. The van der Waals surface area contributed by atoms with E-state index >= 15 is 0 Å². The lowest BCUT2D eigenvalue weighted by Gasteiger charge is -2.14. The van der Waals surface area contributed by atoms with Crippen molar-refractivity contribution in [2.75, 3.05) is 5.32 Å². The number of nitrogens with one attached hydrogen (secondary N) is 2. The van der Waals surface area contributed by atoms with E-state index in [-0.39, 0.29) is 24.3 Å². The van der Waals surface area contributed by atoms with Crippen molar-refractivity contribution in [2.45, 2.75) is 32.7 Å². The van der Waals surface area contributed by atoms with Crippen molar-refractivity contribution in [1.29, 1.82) is 0 Å². The fraction of sp³-hybridized carbons (Fsp3) is 0.263. The number of hydrogen-bond acceptors (Lipinski definition) is 2. The van der Waals surface area contributed by atoms with Crippen molar-refractivity contribution in [3.8, 4) is 0 Å². The molecule has 2 N–H and O–H groups in total. The van der Waals surface area contributed by atoms with Gasteiger partial charge in [-0.15, -0.1) is 0 Å². The van der Waals surface area contributed by atoms with Crippen LogP contribution in [0.1, 0.15) is 36.2 Å². The summed E-state index contributed by atoms with van der Waals surface area (Å²) in [7, 11) is 0. The Hall–Kier alpha value is -2.14. The third-order valence-corrected chi connectivity index (χ3v) is 4.18. The summed E-state index contributed by atoms with van der Waals surface area (Å²) in [6, 6.07) is 14.7. The van der Waals surface area contributed by atoms with E-state index in [0.29, 0.717) is 11.3 Å². The molecule has 24 heavy (non-hydrogen) atoms. The van der Waals surface area contributed by atoms with E-state index in [9.17, 15) is 9.59 Å². The van der Waals surface area contributed by atoms with Crippen molar-refractivity contribution in [3.63, 3.8) is 0 Å². The highest BCUT2D eigenvalue weighted by molar-refractivity contribution is 9.10. The number of rotatable bonds is 6. The number of amides is 2. The monoisotopic (exact) mass is 388 g/mol. The van der Waals surface area contributed by atoms with Gasteiger partial charge in [-0.2, -0.15) is 0 Å². The first kappa shape index (κ1) is 18.2. The van der Waals surface area contributed by atoms with Crippen LogP contribution in [0.5, 0.6) is 0 Å². The predicted octanol–water partition coefficient (Wildman–Crippen LogP) is 4.16. The summed E-state index contributed by atoms with van der Waals surface area (Å²) in [5.74, 6) is -0.334. The van der Waals surface area contributed by atoms with Crippen LogP contribution in [0.4, 0.5) is 5.69 Å². The summed E-state index contributed by atoms with van der Waals surface area (Å²) < 4.78 is 0.932. The second-order valence-electron chi connectivity index (χ2n) is 5.68. The van der Waals surface area contributed by atoms with Crippen molar-refractivity contribution in [3.05, 3.63) is 64.1 Å². The third-order valence-electron chi connectivity index (χ3n) is 3.69. The topological polar surface area (TPSA) is 58.2 Å². The molecule has 0 spiro atoms. The van der Waals surface area contributed by atoms with E-state index in [1.54, 1.807) is 24.3 Å². The maximum atomic E-state index is 12.4. The van der Waals surface area contributed by atoms with Gasteiger partial charge in [-0.3, -0.25) is 9.59 Å². The van der Waals surface area contributed by atoms with Crippen molar-refractivity contribution in [1.82, 2.24) is 5.32 Å². The molecule has 2 aromatic rings. The highest BCUT2D eigenvalue weighted by Gasteiger charge is 2.14. The molecule has 2 aromatic carbocycles. The molecule has 1 atom stereocenters. The molecule has 5 heteroatoms. The Morgan fingerprint density at radius 3 is 2.58 bits per heavy atom. The van der Waals surface area contributed by atoms with Gasteiger partial charge in [0.1, 0.15) is 0 Å². The quantitative estimate of drug-likeness (QED) is 0.780. The smallest absolute Gasteiger partial charge is 0.253 e. The molecule has 0 aliphatic carbocycles. The van der Waals surface area contributed by atoms with Crippen molar-refractivity contribution >= 4 is 33.4 Å². The summed E-state index contributed by atoms with van der Waals surface area (Å²) in [6.07, 6.45) is 1.10. The molecule has 126 valence electrons. The minimum absolute atomic E-state index is 0.0860. The molecule has 0 fully saturated rings. The van der Waals surface area contributed by atoms with E-state index in [1.807, 2.05) is 38.1 Å². The fourth-order valence-corrected chi connectivity index (χ4v) is 2.67. The summed E-state index contributed by atoms with van der Waals surface area (Å²) in [4.78, 5) is 24.6. The maximum absolute atomic E-state index is 12.4. The molecule has 2 amide bonds. The number of halogens is 1. The van der Waals surface area contributed by atoms with Gasteiger partial charge in [-0.05, 0) is 43.2 Å². The Bertz CT molecular complexity index is 731. The average molecular weight is 389 g/mol. The van der Waals surface area contributed by atoms with E-state index in [1.165, 1.54) is 0 Å². The molecule has 2 rings (SSSR count). The summed E-state index contributed by atoms with van der Waals surface area (Å²) in [6.45, 7) is 3.96. The third kappa shape index (κ3) is 5.20. The van der Waals surface area contributed by atoms with Crippen LogP contribution in [0.3, 0.4) is 0 Å². The van der Waals surface area contributed by atoms with Crippen molar-refractivity contribution in [2.24, 2.45) is 0 Å². The summed E-state index contributed by atoms with van der Waals surface area (Å²) in [5.41, 5.74) is 1.90. The molecule has 0 aliphatic rings. The van der Waals surface area contributed by atoms with Gasteiger partial charge in [0.2, 0.25) is 5.91 Å². The van der Waals surface area contributed by atoms with E-state index < -0.39 is 0 Å². The highest BCUT2D eigenvalue weighted by Crippen LogP contribution is 2.17. The molecular formula is C19H21BrN2O2. The van der Waals surface area contributed by atoms with Gasteiger partial charge >= 0.3 is 0 Å². The molecule has 4 nitrogen and oxygen atoms in total. The van der Waals surface area contributed by atoms with Crippen LogP contribution in [0.2, 0.25) is 0 Å². The van der Waals surface area contributed by atoms with E-state index in [2.05, 4.69) is 26.6 Å². The first-order valence-corrected chi connectivity index (χ1v) is 8.73.